The molecule has 2 aromatic heterocycles. The minimum absolute atomic E-state index is 0.00347. The van der Waals surface area contributed by atoms with Crippen molar-refractivity contribution in [3.63, 3.8) is 0 Å². The normalized spacial score (nSPS) is 13.0. The Labute approximate surface area is 191 Å². The van der Waals surface area contributed by atoms with E-state index in [0.717, 1.165) is 29.8 Å². The van der Waals surface area contributed by atoms with E-state index in [4.69, 9.17) is 4.42 Å². The molecular formula is C26H24N4O3. The lowest BCUT2D eigenvalue weighted by Crippen LogP contribution is -2.38. The number of hydrogen-bond donors (Lipinski definition) is 1. The highest BCUT2D eigenvalue weighted by atomic mass is 16.3. The summed E-state index contributed by atoms with van der Waals surface area (Å²) in [5, 5.41) is 2.91. The molecule has 1 N–H and O–H groups in total. The van der Waals surface area contributed by atoms with Crippen LogP contribution in [0.2, 0.25) is 0 Å². The van der Waals surface area contributed by atoms with E-state index in [1.165, 1.54) is 0 Å². The van der Waals surface area contributed by atoms with Crippen LogP contribution >= 0.6 is 0 Å². The standard InChI is InChI=1S/C26H24N4O3/c31-24(18-29(25(32)20-13-14-20)16-22-12-7-15-33-22)28-26-27-23(19-8-3-1-4-9-19)17-30(26)21-10-5-2-6-11-21/h1-12,15,17,20H,13-14,16,18H2,(H,27,28,31). The number of carbonyl (C=O) groups is 2. The molecule has 1 aliphatic carbocycles. The number of rotatable bonds is 8. The Morgan fingerprint density at radius 2 is 1.73 bits per heavy atom. The van der Waals surface area contributed by atoms with Gasteiger partial charge in [0, 0.05) is 23.4 Å². The highest BCUT2D eigenvalue weighted by Crippen LogP contribution is 2.31. The highest BCUT2D eigenvalue weighted by Gasteiger charge is 2.34. The Morgan fingerprint density at radius 1 is 1.00 bits per heavy atom. The number of nitrogens with zero attached hydrogens (tertiary/aromatic N) is 3. The maximum absolute atomic E-state index is 13.0. The molecular weight excluding hydrogens is 416 g/mol. The van der Waals surface area contributed by atoms with E-state index in [0.29, 0.717) is 11.7 Å². The van der Waals surface area contributed by atoms with Crippen molar-refractivity contribution in [3.8, 4) is 16.9 Å². The van der Waals surface area contributed by atoms with E-state index in [9.17, 15) is 9.59 Å². The van der Waals surface area contributed by atoms with Gasteiger partial charge in [-0.3, -0.25) is 19.5 Å². The van der Waals surface area contributed by atoms with E-state index >= 15 is 0 Å². The zero-order valence-electron chi connectivity index (χ0n) is 18.1. The number of carbonyl (C=O) groups excluding carboxylic acids is 2. The summed E-state index contributed by atoms with van der Waals surface area (Å²) in [5.74, 6) is 0.732. The van der Waals surface area contributed by atoms with Crippen molar-refractivity contribution in [1.29, 1.82) is 0 Å². The molecule has 2 aromatic carbocycles. The number of nitrogens with one attached hydrogen (secondary N) is 1. The fraction of sp³-hybridized carbons (Fsp3) is 0.192. The lowest BCUT2D eigenvalue weighted by atomic mass is 10.2. The van der Waals surface area contributed by atoms with Gasteiger partial charge >= 0.3 is 0 Å². The molecule has 7 nitrogen and oxygen atoms in total. The first-order valence-electron chi connectivity index (χ1n) is 11.0. The third-order valence-corrected chi connectivity index (χ3v) is 5.56. The van der Waals surface area contributed by atoms with E-state index in [-0.39, 0.29) is 30.8 Å². The molecule has 4 aromatic rings. The van der Waals surface area contributed by atoms with Crippen LogP contribution in [0.25, 0.3) is 16.9 Å². The quantitative estimate of drug-likeness (QED) is 0.437. The van der Waals surface area contributed by atoms with Gasteiger partial charge in [0.05, 0.1) is 18.5 Å². The number of amides is 2. The van der Waals surface area contributed by atoms with Gasteiger partial charge in [0.15, 0.2) is 0 Å². The first kappa shape index (κ1) is 20.8. The third kappa shape index (κ3) is 4.87. The van der Waals surface area contributed by atoms with Crippen LogP contribution in [0.5, 0.6) is 0 Å². The summed E-state index contributed by atoms with van der Waals surface area (Å²) < 4.78 is 7.25. The zero-order chi connectivity index (χ0) is 22.6. The molecule has 1 aliphatic rings. The van der Waals surface area contributed by atoms with Gasteiger partial charge < -0.3 is 9.32 Å². The highest BCUT2D eigenvalue weighted by molar-refractivity contribution is 5.94. The summed E-state index contributed by atoms with van der Waals surface area (Å²) in [6.45, 7) is 0.191. The number of para-hydroxylation sites is 1. The van der Waals surface area contributed by atoms with Crippen LogP contribution in [0.3, 0.4) is 0 Å². The van der Waals surface area contributed by atoms with Gasteiger partial charge in [0.1, 0.15) is 12.3 Å². The van der Waals surface area contributed by atoms with Gasteiger partial charge in [-0.2, -0.15) is 0 Å². The van der Waals surface area contributed by atoms with E-state index < -0.39 is 0 Å². The minimum Gasteiger partial charge on any atom is -0.467 e. The zero-order valence-corrected chi connectivity index (χ0v) is 18.1. The molecule has 1 saturated carbocycles. The molecule has 2 amide bonds. The Kier molecular flexibility index (Phi) is 5.76. The first-order valence-corrected chi connectivity index (χ1v) is 11.0. The molecule has 2 heterocycles. The van der Waals surface area contributed by atoms with Crippen molar-refractivity contribution >= 4 is 17.8 Å². The molecule has 0 atom stereocenters. The Morgan fingerprint density at radius 3 is 2.39 bits per heavy atom. The van der Waals surface area contributed by atoms with Crippen molar-refractivity contribution in [1.82, 2.24) is 14.5 Å². The molecule has 1 fully saturated rings. The molecule has 0 unspecified atom stereocenters. The first-order chi connectivity index (χ1) is 16.2. The Hall–Kier alpha value is -4.13. The number of imidazole rings is 1. The maximum atomic E-state index is 13.0. The summed E-state index contributed by atoms with van der Waals surface area (Å²) in [6.07, 6.45) is 5.20. The maximum Gasteiger partial charge on any atom is 0.246 e. The number of hydrogen-bond acceptors (Lipinski definition) is 4. The monoisotopic (exact) mass is 440 g/mol. The summed E-state index contributed by atoms with van der Waals surface area (Å²) in [5.41, 5.74) is 2.58. The molecule has 0 radical (unpaired) electrons. The summed E-state index contributed by atoms with van der Waals surface area (Å²) in [4.78, 5) is 32.1. The second-order valence-corrected chi connectivity index (χ2v) is 8.12. The van der Waals surface area contributed by atoms with Gasteiger partial charge in [-0.25, -0.2) is 4.98 Å². The fourth-order valence-electron chi connectivity index (χ4n) is 3.73. The van der Waals surface area contributed by atoms with Gasteiger partial charge in [-0.1, -0.05) is 48.5 Å². The Bertz CT molecular complexity index is 1230. The minimum atomic E-state index is -0.307. The van der Waals surface area contributed by atoms with Crippen molar-refractivity contribution < 1.29 is 14.0 Å². The smallest absolute Gasteiger partial charge is 0.246 e. The number of aromatic nitrogens is 2. The van der Waals surface area contributed by atoms with Crippen molar-refractivity contribution in [2.75, 3.05) is 11.9 Å². The number of anilines is 1. The molecule has 7 heteroatoms. The molecule has 0 saturated heterocycles. The topological polar surface area (TPSA) is 80.4 Å². The van der Waals surface area contributed by atoms with E-state index in [1.807, 2.05) is 71.4 Å². The summed E-state index contributed by atoms with van der Waals surface area (Å²) in [6, 6.07) is 23.1. The molecule has 0 spiro atoms. The molecule has 0 bridgehead atoms. The largest absolute Gasteiger partial charge is 0.467 e. The van der Waals surface area contributed by atoms with Crippen LogP contribution in [0.15, 0.2) is 89.7 Å². The van der Waals surface area contributed by atoms with E-state index in [1.54, 1.807) is 23.3 Å². The van der Waals surface area contributed by atoms with Crippen molar-refractivity contribution in [2.45, 2.75) is 19.4 Å². The lowest BCUT2D eigenvalue weighted by molar-refractivity contribution is -0.136. The molecule has 33 heavy (non-hydrogen) atoms. The fourth-order valence-corrected chi connectivity index (χ4v) is 3.73. The van der Waals surface area contributed by atoms with Crippen LogP contribution in [0, 0.1) is 5.92 Å². The van der Waals surface area contributed by atoms with Gasteiger partial charge in [0.25, 0.3) is 0 Å². The summed E-state index contributed by atoms with van der Waals surface area (Å²) >= 11 is 0. The SMILES string of the molecule is O=C(CN(Cc1ccco1)C(=O)C1CC1)Nc1nc(-c2ccccc2)cn1-c1ccccc1. The van der Waals surface area contributed by atoms with Crippen LogP contribution in [-0.4, -0.2) is 32.8 Å². The van der Waals surface area contributed by atoms with Gasteiger partial charge in [0.2, 0.25) is 17.8 Å². The molecule has 5 rings (SSSR count). The van der Waals surface area contributed by atoms with Crippen molar-refractivity contribution in [3.05, 3.63) is 91.0 Å². The molecule has 166 valence electrons. The lowest BCUT2D eigenvalue weighted by Gasteiger charge is -2.21. The number of furan rings is 1. The van der Waals surface area contributed by atoms with Gasteiger partial charge in [-0.15, -0.1) is 0 Å². The average molecular weight is 441 g/mol. The predicted octanol–water partition coefficient (Wildman–Crippen LogP) is 4.51. The van der Waals surface area contributed by atoms with E-state index in [2.05, 4.69) is 10.3 Å². The summed E-state index contributed by atoms with van der Waals surface area (Å²) in [7, 11) is 0. The third-order valence-electron chi connectivity index (χ3n) is 5.56. The predicted molar refractivity (Wildman–Crippen MR) is 124 cm³/mol. The van der Waals surface area contributed by atoms with Crippen molar-refractivity contribution in [2.24, 2.45) is 5.92 Å². The van der Waals surface area contributed by atoms with Gasteiger partial charge in [-0.05, 0) is 37.1 Å². The molecule has 0 aliphatic heterocycles. The second-order valence-electron chi connectivity index (χ2n) is 8.12. The van der Waals surface area contributed by atoms with Crippen LogP contribution < -0.4 is 5.32 Å². The number of benzene rings is 2. The van der Waals surface area contributed by atoms with Crippen LogP contribution in [0.1, 0.15) is 18.6 Å². The second kappa shape index (κ2) is 9.16. The Balaban J connectivity index is 1.39. The van der Waals surface area contributed by atoms with Crippen LogP contribution in [-0.2, 0) is 16.1 Å². The average Bonchev–Trinajstić information content (AvgIpc) is 3.41. The van der Waals surface area contributed by atoms with Crippen LogP contribution in [0.4, 0.5) is 5.95 Å².